The van der Waals surface area contributed by atoms with Gasteiger partial charge < -0.3 is 5.11 Å². The molecule has 10 heavy (non-hydrogen) atoms. The lowest BCUT2D eigenvalue weighted by atomic mass is 10.3. The third-order valence-corrected chi connectivity index (χ3v) is 1.74. The van der Waals surface area contributed by atoms with Gasteiger partial charge in [0.15, 0.2) is 11.6 Å². The van der Waals surface area contributed by atoms with Crippen LogP contribution < -0.4 is 0 Å². The smallest absolute Gasteiger partial charge is 0.181 e. The van der Waals surface area contributed by atoms with E-state index in [1.165, 1.54) is 0 Å². The van der Waals surface area contributed by atoms with Gasteiger partial charge in [0.25, 0.3) is 0 Å². The van der Waals surface area contributed by atoms with E-state index in [9.17, 15) is 8.78 Å². The number of benzene rings is 1. The van der Waals surface area contributed by atoms with Gasteiger partial charge in [0, 0.05) is 0 Å². The first kappa shape index (κ1) is 7.47. The molecule has 4 heteroatoms. The fraction of sp³-hybridized carbons (Fsp3) is 0. The van der Waals surface area contributed by atoms with E-state index in [1.807, 2.05) is 0 Å². The zero-order chi connectivity index (χ0) is 7.72. The van der Waals surface area contributed by atoms with Crippen molar-refractivity contribution < 1.29 is 13.9 Å². The summed E-state index contributed by atoms with van der Waals surface area (Å²) in [6.45, 7) is 0. The Bertz CT molecular complexity index is 235. The van der Waals surface area contributed by atoms with Crippen molar-refractivity contribution in [3.05, 3.63) is 28.2 Å². The van der Waals surface area contributed by atoms with Gasteiger partial charge in [-0.15, -0.1) is 0 Å². The molecule has 0 heterocycles. The molecule has 0 bridgehead atoms. The lowest BCUT2D eigenvalue weighted by molar-refractivity contribution is 0.425. The van der Waals surface area contributed by atoms with Gasteiger partial charge in [-0.3, -0.25) is 0 Å². The predicted octanol–water partition coefficient (Wildman–Crippen LogP) is 2.43. The highest BCUT2D eigenvalue weighted by atomic mass is 79.9. The van der Waals surface area contributed by atoms with Crippen molar-refractivity contribution in [3.63, 3.8) is 0 Å². The molecule has 1 aromatic rings. The van der Waals surface area contributed by atoms with Crippen molar-refractivity contribution in [3.8, 4) is 5.75 Å². The number of rotatable bonds is 0. The maximum Gasteiger partial charge on any atom is 0.181 e. The maximum absolute atomic E-state index is 12.5. The number of phenols is 1. The number of halogens is 3. The molecule has 0 radical (unpaired) electrons. The molecule has 0 atom stereocenters. The average molecular weight is 209 g/mol. The van der Waals surface area contributed by atoms with Gasteiger partial charge in [-0.1, -0.05) is 0 Å². The number of hydrogen-bond donors (Lipinski definition) is 1. The van der Waals surface area contributed by atoms with Gasteiger partial charge in [-0.25, -0.2) is 8.78 Å². The van der Waals surface area contributed by atoms with E-state index in [4.69, 9.17) is 5.11 Å². The molecular formula is C6H3BrF2O. The molecule has 0 unspecified atom stereocenters. The highest BCUT2D eigenvalue weighted by Crippen LogP contribution is 2.25. The summed E-state index contributed by atoms with van der Waals surface area (Å²) in [5, 5.41) is 8.65. The van der Waals surface area contributed by atoms with Crippen LogP contribution in [0.1, 0.15) is 0 Å². The standard InChI is InChI=1S/C6H3BrF2O/c7-5-3(8)1-2-4(10)6(5)9/h1-2,10H. The average Bonchev–Trinajstić information content (AvgIpc) is 1.93. The minimum Gasteiger partial charge on any atom is -0.505 e. The summed E-state index contributed by atoms with van der Waals surface area (Å²) in [6, 6.07) is 1.93. The van der Waals surface area contributed by atoms with Crippen LogP contribution in [0.5, 0.6) is 5.75 Å². The molecule has 0 aliphatic rings. The van der Waals surface area contributed by atoms with Crippen LogP contribution in [0.4, 0.5) is 8.78 Å². The Morgan fingerprint density at radius 3 is 2.40 bits per heavy atom. The van der Waals surface area contributed by atoms with Crippen LogP contribution in [0.25, 0.3) is 0 Å². The van der Waals surface area contributed by atoms with Crippen LogP contribution in [0.3, 0.4) is 0 Å². The Labute approximate surface area is 64.4 Å². The van der Waals surface area contributed by atoms with E-state index in [2.05, 4.69) is 15.9 Å². The van der Waals surface area contributed by atoms with Crippen LogP contribution in [0, 0.1) is 11.6 Å². The molecule has 0 aliphatic heterocycles. The molecule has 1 aromatic carbocycles. The largest absolute Gasteiger partial charge is 0.505 e. The second-order valence-corrected chi connectivity index (χ2v) is 2.49. The fourth-order valence-electron chi connectivity index (χ4n) is 0.516. The van der Waals surface area contributed by atoms with Crippen LogP contribution in [0.15, 0.2) is 16.6 Å². The monoisotopic (exact) mass is 208 g/mol. The maximum atomic E-state index is 12.5. The summed E-state index contributed by atoms with van der Waals surface area (Å²) < 4.78 is 24.5. The molecule has 0 fully saturated rings. The Balaban J connectivity index is 3.34. The summed E-state index contributed by atoms with van der Waals surface area (Å²) in [4.78, 5) is 0. The minimum absolute atomic E-state index is 0.340. The Morgan fingerprint density at radius 2 is 1.90 bits per heavy atom. The van der Waals surface area contributed by atoms with Crippen molar-refractivity contribution in [2.75, 3.05) is 0 Å². The highest BCUT2D eigenvalue weighted by molar-refractivity contribution is 9.10. The van der Waals surface area contributed by atoms with Gasteiger partial charge in [0.2, 0.25) is 0 Å². The van der Waals surface area contributed by atoms with Crippen molar-refractivity contribution in [2.45, 2.75) is 0 Å². The third-order valence-electron chi connectivity index (χ3n) is 1.01. The minimum atomic E-state index is -0.972. The van der Waals surface area contributed by atoms with Crippen molar-refractivity contribution in [2.24, 2.45) is 0 Å². The highest BCUT2D eigenvalue weighted by Gasteiger charge is 2.08. The summed E-state index contributed by atoms with van der Waals surface area (Å²) >= 11 is 2.62. The van der Waals surface area contributed by atoms with E-state index >= 15 is 0 Å². The number of phenolic OH excluding ortho intramolecular Hbond substituents is 1. The molecule has 54 valence electrons. The number of hydrogen-bond acceptors (Lipinski definition) is 1. The topological polar surface area (TPSA) is 20.2 Å². The Morgan fingerprint density at radius 1 is 1.30 bits per heavy atom. The molecule has 1 N–H and O–H groups in total. The molecular weight excluding hydrogens is 206 g/mol. The molecule has 1 nitrogen and oxygen atoms in total. The second-order valence-electron chi connectivity index (χ2n) is 1.69. The lowest BCUT2D eigenvalue weighted by Gasteiger charge is -1.97. The van der Waals surface area contributed by atoms with Gasteiger partial charge in [-0.2, -0.15) is 0 Å². The van der Waals surface area contributed by atoms with Gasteiger partial charge in [-0.05, 0) is 28.1 Å². The SMILES string of the molecule is Oc1ccc(F)c(Br)c1F. The van der Waals surface area contributed by atoms with Gasteiger partial charge in [0.1, 0.15) is 5.82 Å². The summed E-state index contributed by atoms with van der Waals surface area (Å²) in [7, 11) is 0. The summed E-state index contributed by atoms with van der Waals surface area (Å²) in [5.74, 6) is -2.26. The van der Waals surface area contributed by atoms with Crippen LogP contribution in [0.2, 0.25) is 0 Å². The van der Waals surface area contributed by atoms with Crippen LogP contribution in [-0.4, -0.2) is 5.11 Å². The lowest BCUT2D eigenvalue weighted by Crippen LogP contribution is -1.82. The van der Waals surface area contributed by atoms with E-state index in [-0.39, 0.29) is 4.47 Å². The molecule has 0 saturated carbocycles. The van der Waals surface area contributed by atoms with E-state index < -0.39 is 17.4 Å². The summed E-state index contributed by atoms with van der Waals surface area (Å²) in [5.41, 5.74) is 0. The molecule has 0 saturated heterocycles. The molecule has 1 rings (SSSR count). The quantitative estimate of drug-likeness (QED) is 0.650. The predicted molar refractivity (Wildman–Crippen MR) is 35.7 cm³/mol. The van der Waals surface area contributed by atoms with Crippen LogP contribution in [-0.2, 0) is 0 Å². The van der Waals surface area contributed by atoms with Crippen molar-refractivity contribution in [1.29, 1.82) is 0 Å². The summed E-state index contributed by atoms with van der Waals surface area (Å²) in [6.07, 6.45) is 0. The van der Waals surface area contributed by atoms with Crippen molar-refractivity contribution in [1.82, 2.24) is 0 Å². The van der Waals surface area contributed by atoms with Crippen molar-refractivity contribution >= 4 is 15.9 Å². The van der Waals surface area contributed by atoms with E-state index in [0.717, 1.165) is 12.1 Å². The first-order chi connectivity index (χ1) is 4.63. The normalized spacial score (nSPS) is 9.90. The molecule has 0 spiro atoms. The molecule has 0 aliphatic carbocycles. The zero-order valence-corrected chi connectivity index (χ0v) is 6.32. The van der Waals surface area contributed by atoms with Crippen LogP contribution >= 0.6 is 15.9 Å². The first-order valence-corrected chi connectivity index (χ1v) is 3.24. The third kappa shape index (κ3) is 1.11. The van der Waals surface area contributed by atoms with E-state index in [0.29, 0.717) is 0 Å². The number of aromatic hydroxyl groups is 1. The Hall–Kier alpha value is -0.640. The molecule has 0 aromatic heterocycles. The zero-order valence-electron chi connectivity index (χ0n) is 4.74. The molecule has 0 amide bonds. The second kappa shape index (κ2) is 2.54. The first-order valence-electron chi connectivity index (χ1n) is 2.45. The van der Waals surface area contributed by atoms with Gasteiger partial charge >= 0.3 is 0 Å². The van der Waals surface area contributed by atoms with E-state index in [1.54, 1.807) is 0 Å². The fourth-order valence-corrected chi connectivity index (χ4v) is 0.851. The Kier molecular flexibility index (Phi) is 1.89. The van der Waals surface area contributed by atoms with Gasteiger partial charge in [0.05, 0.1) is 4.47 Å².